The molecule has 0 atom stereocenters. The molecule has 0 bridgehead atoms. The Morgan fingerprint density at radius 1 is 1.04 bits per heavy atom. The molecule has 1 N–H and O–H groups in total. The molecule has 5 nitrogen and oxygen atoms in total. The van der Waals surface area contributed by atoms with Crippen LogP contribution in [0.1, 0.15) is 30.9 Å². The molecule has 2 aromatic carbocycles. The molecule has 1 amide bonds. The molecule has 144 valence electrons. The first-order chi connectivity index (χ1) is 13.1. The molecule has 0 saturated heterocycles. The second kappa shape index (κ2) is 10.3. The average molecular weight is 369 g/mol. The molecule has 0 spiro atoms. The minimum Gasteiger partial charge on any atom is -0.493 e. The molecule has 0 saturated carbocycles. The Hall–Kier alpha value is -2.95. The zero-order chi connectivity index (χ0) is 19.6. The molecule has 27 heavy (non-hydrogen) atoms. The van der Waals surface area contributed by atoms with Crippen LogP contribution in [0.15, 0.2) is 42.5 Å². The predicted octanol–water partition coefficient (Wildman–Crippen LogP) is 4.71. The Bertz CT molecular complexity index is 774. The summed E-state index contributed by atoms with van der Waals surface area (Å²) in [5.74, 6) is 1.42. The summed E-state index contributed by atoms with van der Waals surface area (Å²) >= 11 is 0. The number of hydrogen-bond acceptors (Lipinski definition) is 4. The van der Waals surface area contributed by atoms with Gasteiger partial charge in [0.15, 0.2) is 11.5 Å². The van der Waals surface area contributed by atoms with Crippen molar-refractivity contribution in [1.29, 1.82) is 0 Å². The minimum absolute atomic E-state index is 0.187. The van der Waals surface area contributed by atoms with Crippen molar-refractivity contribution < 1.29 is 19.0 Å². The number of carbonyl (C=O) groups excluding carboxylic acids is 1. The lowest BCUT2D eigenvalue weighted by Crippen LogP contribution is -2.09. The van der Waals surface area contributed by atoms with Gasteiger partial charge in [-0.15, -0.1) is 0 Å². The van der Waals surface area contributed by atoms with E-state index in [1.54, 1.807) is 39.5 Å². The summed E-state index contributed by atoms with van der Waals surface area (Å²) in [6.45, 7) is 2.15. The number of aryl methyl sites for hydroxylation is 1. The van der Waals surface area contributed by atoms with Gasteiger partial charge in [-0.25, -0.2) is 0 Å². The molecule has 0 aliphatic heterocycles. The van der Waals surface area contributed by atoms with E-state index < -0.39 is 0 Å². The summed E-state index contributed by atoms with van der Waals surface area (Å²) < 4.78 is 16.0. The summed E-state index contributed by atoms with van der Waals surface area (Å²) in [4.78, 5) is 12.4. The van der Waals surface area contributed by atoms with Gasteiger partial charge in [-0.3, -0.25) is 4.79 Å². The topological polar surface area (TPSA) is 56.8 Å². The number of carbonyl (C=O) groups is 1. The normalized spacial score (nSPS) is 10.7. The highest BCUT2D eigenvalue weighted by Crippen LogP contribution is 2.38. The van der Waals surface area contributed by atoms with Gasteiger partial charge < -0.3 is 19.5 Å². The number of ether oxygens (including phenoxy) is 3. The molecule has 0 radical (unpaired) electrons. The van der Waals surface area contributed by atoms with E-state index in [9.17, 15) is 4.79 Å². The molecule has 5 heteroatoms. The maximum Gasteiger partial charge on any atom is 0.248 e. The van der Waals surface area contributed by atoms with E-state index in [2.05, 4.69) is 12.2 Å². The maximum absolute atomic E-state index is 12.4. The van der Waals surface area contributed by atoms with E-state index in [1.807, 2.05) is 24.3 Å². The van der Waals surface area contributed by atoms with Crippen LogP contribution in [0.3, 0.4) is 0 Å². The molecule has 0 fully saturated rings. The molecule has 0 aromatic heterocycles. The smallest absolute Gasteiger partial charge is 0.248 e. The third-order valence-electron chi connectivity index (χ3n) is 4.19. The van der Waals surface area contributed by atoms with Gasteiger partial charge >= 0.3 is 0 Å². The highest BCUT2D eigenvalue weighted by molar-refractivity contribution is 6.02. The minimum atomic E-state index is -0.187. The number of para-hydroxylation sites is 1. The van der Waals surface area contributed by atoms with Crippen molar-refractivity contribution in [3.8, 4) is 17.2 Å². The molecule has 0 unspecified atom stereocenters. The van der Waals surface area contributed by atoms with Gasteiger partial charge in [0.1, 0.15) is 0 Å². The SMILES string of the molecule is CCCCc1ccccc1NC(=O)C=Cc1cc(OC)c(OC)c(OC)c1. The monoisotopic (exact) mass is 369 g/mol. The van der Waals surface area contributed by atoms with Crippen LogP contribution in [0.25, 0.3) is 6.08 Å². The summed E-state index contributed by atoms with van der Waals surface area (Å²) in [5, 5.41) is 2.96. The standard InChI is InChI=1S/C22H27NO4/c1-5-6-9-17-10-7-8-11-18(17)23-21(24)13-12-16-14-19(25-2)22(27-4)20(15-16)26-3/h7-8,10-15H,5-6,9H2,1-4H3,(H,23,24). The third kappa shape index (κ3) is 5.51. The van der Waals surface area contributed by atoms with Crippen molar-refractivity contribution >= 4 is 17.7 Å². The van der Waals surface area contributed by atoms with E-state index in [-0.39, 0.29) is 5.91 Å². The first-order valence-corrected chi connectivity index (χ1v) is 8.99. The number of unbranched alkanes of at least 4 members (excludes halogenated alkanes) is 1. The van der Waals surface area contributed by atoms with Crippen molar-refractivity contribution in [2.75, 3.05) is 26.6 Å². The summed E-state index contributed by atoms with van der Waals surface area (Å²) in [7, 11) is 4.68. The van der Waals surface area contributed by atoms with Crippen LogP contribution in [0.5, 0.6) is 17.2 Å². The van der Waals surface area contributed by atoms with Gasteiger partial charge in [0.2, 0.25) is 11.7 Å². The Balaban J connectivity index is 2.15. The zero-order valence-electron chi connectivity index (χ0n) is 16.4. The van der Waals surface area contributed by atoms with Crippen LogP contribution in [0, 0.1) is 0 Å². The van der Waals surface area contributed by atoms with E-state index >= 15 is 0 Å². The molecule has 0 aliphatic carbocycles. The largest absolute Gasteiger partial charge is 0.493 e. The van der Waals surface area contributed by atoms with E-state index in [4.69, 9.17) is 14.2 Å². The molecule has 0 aliphatic rings. The Morgan fingerprint density at radius 2 is 1.70 bits per heavy atom. The average Bonchev–Trinajstić information content (AvgIpc) is 2.70. The van der Waals surface area contributed by atoms with Crippen LogP contribution in [-0.4, -0.2) is 27.2 Å². The number of hydrogen-bond donors (Lipinski definition) is 1. The van der Waals surface area contributed by atoms with Gasteiger partial charge in [0.25, 0.3) is 0 Å². The van der Waals surface area contributed by atoms with Crippen LogP contribution < -0.4 is 19.5 Å². The zero-order valence-corrected chi connectivity index (χ0v) is 16.4. The van der Waals surface area contributed by atoms with Crippen LogP contribution in [-0.2, 0) is 11.2 Å². The van der Waals surface area contributed by atoms with E-state index in [0.717, 1.165) is 36.1 Å². The summed E-state index contributed by atoms with van der Waals surface area (Å²) in [6.07, 6.45) is 6.37. The van der Waals surface area contributed by atoms with Crippen LogP contribution >= 0.6 is 0 Å². The second-order valence-corrected chi connectivity index (χ2v) is 6.04. The number of benzene rings is 2. The Kier molecular flexibility index (Phi) is 7.74. The van der Waals surface area contributed by atoms with Crippen LogP contribution in [0.2, 0.25) is 0 Å². The third-order valence-corrected chi connectivity index (χ3v) is 4.19. The lowest BCUT2D eigenvalue weighted by Gasteiger charge is -2.13. The van der Waals surface area contributed by atoms with Gasteiger partial charge in [-0.05, 0) is 48.2 Å². The summed E-state index contributed by atoms with van der Waals surface area (Å²) in [5.41, 5.74) is 2.78. The van der Waals surface area contributed by atoms with Gasteiger partial charge in [0, 0.05) is 11.8 Å². The van der Waals surface area contributed by atoms with Gasteiger partial charge in [0.05, 0.1) is 21.3 Å². The van der Waals surface area contributed by atoms with E-state index in [1.165, 1.54) is 6.08 Å². The Labute approximate surface area is 161 Å². The fraction of sp³-hybridized carbons (Fsp3) is 0.318. The van der Waals surface area contributed by atoms with Gasteiger partial charge in [-0.2, -0.15) is 0 Å². The number of amides is 1. The lowest BCUT2D eigenvalue weighted by atomic mass is 10.1. The van der Waals surface area contributed by atoms with Crippen LogP contribution in [0.4, 0.5) is 5.69 Å². The second-order valence-electron chi connectivity index (χ2n) is 6.04. The van der Waals surface area contributed by atoms with Crippen molar-refractivity contribution in [2.45, 2.75) is 26.2 Å². The molecular weight excluding hydrogens is 342 g/mol. The molecule has 0 heterocycles. The molecular formula is C22H27NO4. The Morgan fingerprint density at radius 3 is 2.30 bits per heavy atom. The highest BCUT2D eigenvalue weighted by Gasteiger charge is 2.12. The van der Waals surface area contributed by atoms with Crippen molar-refractivity contribution in [3.05, 3.63) is 53.6 Å². The quantitative estimate of drug-likeness (QED) is 0.651. The first-order valence-electron chi connectivity index (χ1n) is 8.99. The molecule has 2 aromatic rings. The number of anilines is 1. The lowest BCUT2D eigenvalue weighted by molar-refractivity contribution is -0.111. The number of methoxy groups -OCH3 is 3. The summed E-state index contributed by atoms with van der Waals surface area (Å²) in [6, 6.07) is 11.5. The van der Waals surface area contributed by atoms with Crippen molar-refractivity contribution in [2.24, 2.45) is 0 Å². The predicted molar refractivity (Wildman–Crippen MR) is 109 cm³/mol. The van der Waals surface area contributed by atoms with Crippen molar-refractivity contribution in [1.82, 2.24) is 0 Å². The fourth-order valence-corrected chi connectivity index (χ4v) is 2.77. The number of rotatable bonds is 9. The number of nitrogens with one attached hydrogen (secondary N) is 1. The first kappa shape index (κ1) is 20.4. The van der Waals surface area contributed by atoms with Crippen molar-refractivity contribution in [3.63, 3.8) is 0 Å². The molecule has 2 rings (SSSR count). The van der Waals surface area contributed by atoms with Gasteiger partial charge in [-0.1, -0.05) is 31.5 Å². The fourth-order valence-electron chi connectivity index (χ4n) is 2.77. The maximum atomic E-state index is 12.4. The highest BCUT2D eigenvalue weighted by atomic mass is 16.5. The van der Waals surface area contributed by atoms with E-state index in [0.29, 0.717) is 17.2 Å².